The number of benzene rings is 2. The Morgan fingerprint density at radius 3 is 2.19 bits per heavy atom. The minimum atomic E-state index is -3.79. The van der Waals surface area contributed by atoms with Crippen LogP contribution in [0.2, 0.25) is 0 Å². The minimum Gasteiger partial charge on any atom is -0.468 e. The number of ether oxygens (including phenoxy) is 1. The molecule has 0 bridgehead atoms. The van der Waals surface area contributed by atoms with Gasteiger partial charge < -0.3 is 9.15 Å². The molecule has 1 aliphatic heterocycles. The molecule has 2 aromatic carbocycles. The number of hydrogen-bond acceptors (Lipinski definition) is 7. The predicted molar refractivity (Wildman–Crippen MR) is 111 cm³/mol. The summed E-state index contributed by atoms with van der Waals surface area (Å²) in [5.74, 6) is -1.10. The third-order valence-corrected chi connectivity index (χ3v) is 6.26. The molecule has 0 spiro atoms. The van der Waals surface area contributed by atoms with Crippen molar-refractivity contribution in [1.82, 2.24) is 9.62 Å². The highest BCUT2D eigenvalue weighted by Crippen LogP contribution is 2.22. The van der Waals surface area contributed by atoms with E-state index in [0.29, 0.717) is 16.9 Å². The normalized spacial score (nSPS) is 13.3. The summed E-state index contributed by atoms with van der Waals surface area (Å²) in [4.78, 5) is 37.9. The molecule has 0 saturated carbocycles. The maximum Gasteiger partial charge on any atom is 0.338 e. The molecule has 0 fully saturated rings. The Hall–Kier alpha value is -3.76. The van der Waals surface area contributed by atoms with Gasteiger partial charge >= 0.3 is 5.97 Å². The van der Waals surface area contributed by atoms with Crippen molar-refractivity contribution in [2.75, 3.05) is 13.2 Å². The number of esters is 1. The van der Waals surface area contributed by atoms with Gasteiger partial charge in [-0.1, -0.05) is 12.1 Å². The number of hydrogen-bond donors (Lipinski definition) is 1. The van der Waals surface area contributed by atoms with Gasteiger partial charge in [0.05, 0.1) is 40.9 Å². The third-order valence-electron chi connectivity index (χ3n) is 4.84. The SMILES string of the molecule is O=C(OCCN1C(=O)c2ccccc2C1=O)c1ccc(S(=O)(=O)NCc2ccco2)cc1. The Morgan fingerprint density at radius 1 is 0.938 bits per heavy atom. The molecule has 0 radical (unpaired) electrons. The molecule has 0 unspecified atom stereocenters. The van der Waals surface area contributed by atoms with Crippen LogP contribution in [0.5, 0.6) is 0 Å². The molecule has 32 heavy (non-hydrogen) atoms. The van der Waals surface area contributed by atoms with E-state index < -0.39 is 27.8 Å². The van der Waals surface area contributed by atoms with E-state index in [-0.39, 0.29) is 30.2 Å². The number of nitrogens with one attached hydrogen (secondary N) is 1. The molecule has 3 aromatic rings. The summed E-state index contributed by atoms with van der Waals surface area (Å²) in [6, 6.07) is 15.0. The van der Waals surface area contributed by atoms with Crippen molar-refractivity contribution in [1.29, 1.82) is 0 Å². The standard InChI is InChI=1S/C22H18N2O7S/c25-20-18-5-1-2-6-19(18)21(26)24(20)11-13-31-22(27)15-7-9-17(10-8-15)32(28,29)23-14-16-4-3-12-30-16/h1-10,12,23H,11,13-14H2. The highest BCUT2D eigenvalue weighted by Gasteiger charge is 2.34. The van der Waals surface area contributed by atoms with Crippen LogP contribution in [0, 0.1) is 0 Å². The van der Waals surface area contributed by atoms with Gasteiger partial charge in [0.15, 0.2) is 0 Å². The van der Waals surface area contributed by atoms with Crippen molar-refractivity contribution < 1.29 is 32.0 Å². The van der Waals surface area contributed by atoms with E-state index in [1.54, 1.807) is 36.4 Å². The largest absolute Gasteiger partial charge is 0.468 e. The van der Waals surface area contributed by atoms with Crippen molar-refractivity contribution in [2.24, 2.45) is 0 Å². The van der Waals surface area contributed by atoms with Crippen LogP contribution in [0.25, 0.3) is 0 Å². The highest BCUT2D eigenvalue weighted by atomic mass is 32.2. The van der Waals surface area contributed by atoms with E-state index in [0.717, 1.165) is 4.90 Å². The smallest absolute Gasteiger partial charge is 0.338 e. The summed E-state index contributed by atoms with van der Waals surface area (Å²) >= 11 is 0. The van der Waals surface area contributed by atoms with Gasteiger partial charge in [-0.05, 0) is 48.5 Å². The second-order valence-corrected chi connectivity index (χ2v) is 8.64. The monoisotopic (exact) mass is 454 g/mol. The zero-order valence-corrected chi connectivity index (χ0v) is 17.5. The van der Waals surface area contributed by atoms with Crippen molar-refractivity contribution in [3.63, 3.8) is 0 Å². The summed E-state index contributed by atoms with van der Waals surface area (Å²) in [7, 11) is -3.79. The molecule has 0 atom stereocenters. The van der Waals surface area contributed by atoms with Crippen LogP contribution in [-0.4, -0.2) is 44.3 Å². The number of furan rings is 1. The molecular weight excluding hydrogens is 436 g/mol. The van der Waals surface area contributed by atoms with E-state index in [4.69, 9.17) is 9.15 Å². The maximum atomic E-state index is 12.3. The Labute approximate surface area is 183 Å². The van der Waals surface area contributed by atoms with Gasteiger partial charge in [0.25, 0.3) is 11.8 Å². The number of fused-ring (bicyclic) bond motifs is 1. The molecule has 1 N–H and O–H groups in total. The molecule has 2 heterocycles. The first-order chi connectivity index (χ1) is 15.4. The van der Waals surface area contributed by atoms with E-state index >= 15 is 0 Å². The first-order valence-electron chi connectivity index (χ1n) is 9.61. The lowest BCUT2D eigenvalue weighted by Gasteiger charge is -2.14. The molecule has 4 rings (SSSR count). The minimum absolute atomic E-state index is 0.00304. The first-order valence-corrected chi connectivity index (χ1v) is 11.1. The highest BCUT2D eigenvalue weighted by molar-refractivity contribution is 7.89. The van der Waals surface area contributed by atoms with Crippen molar-refractivity contribution in [3.8, 4) is 0 Å². The summed E-state index contributed by atoms with van der Waals surface area (Å²) < 4.78 is 37.3. The van der Waals surface area contributed by atoms with Crippen LogP contribution >= 0.6 is 0 Å². The number of carbonyl (C=O) groups excluding carboxylic acids is 3. The molecule has 164 valence electrons. The van der Waals surface area contributed by atoms with Gasteiger partial charge in [0.1, 0.15) is 12.4 Å². The Morgan fingerprint density at radius 2 is 1.59 bits per heavy atom. The third kappa shape index (κ3) is 4.32. The lowest BCUT2D eigenvalue weighted by molar-refractivity contribution is 0.0420. The average molecular weight is 454 g/mol. The Balaban J connectivity index is 1.31. The molecule has 10 heteroatoms. The van der Waals surface area contributed by atoms with E-state index in [2.05, 4.69) is 4.72 Å². The summed E-state index contributed by atoms with van der Waals surface area (Å²) in [5, 5.41) is 0. The van der Waals surface area contributed by atoms with Gasteiger partial charge in [-0.3, -0.25) is 14.5 Å². The van der Waals surface area contributed by atoms with Crippen molar-refractivity contribution in [3.05, 3.63) is 89.4 Å². The molecule has 0 saturated heterocycles. The lowest BCUT2D eigenvalue weighted by Crippen LogP contribution is -2.33. The molecular formula is C22H18N2O7S. The zero-order valence-electron chi connectivity index (χ0n) is 16.7. The number of carbonyl (C=O) groups is 3. The first kappa shape index (κ1) is 21.5. The van der Waals surface area contributed by atoms with Crippen LogP contribution in [0.3, 0.4) is 0 Å². The second kappa shape index (κ2) is 8.77. The van der Waals surface area contributed by atoms with Gasteiger partial charge in [0, 0.05) is 0 Å². The van der Waals surface area contributed by atoms with Crippen molar-refractivity contribution >= 4 is 27.8 Å². The molecule has 1 aliphatic rings. The summed E-state index contributed by atoms with van der Waals surface area (Å²) in [6.45, 7) is -0.271. The van der Waals surface area contributed by atoms with Gasteiger partial charge in [-0.25, -0.2) is 17.9 Å². The fraction of sp³-hybridized carbons (Fsp3) is 0.136. The zero-order chi connectivity index (χ0) is 22.7. The number of imide groups is 1. The van der Waals surface area contributed by atoms with E-state index in [1.807, 2.05) is 0 Å². The number of amides is 2. The van der Waals surface area contributed by atoms with Gasteiger partial charge in [0.2, 0.25) is 10.0 Å². The molecule has 1 aromatic heterocycles. The van der Waals surface area contributed by atoms with E-state index in [1.165, 1.54) is 30.5 Å². The summed E-state index contributed by atoms with van der Waals surface area (Å²) in [6.07, 6.45) is 1.44. The number of nitrogens with zero attached hydrogens (tertiary/aromatic N) is 1. The molecule has 0 aliphatic carbocycles. The van der Waals surface area contributed by atoms with E-state index in [9.17, 15) is 22.8 Å². The number of sulfonamides is 1. The van der Waals surface area contributed by atoms with Gasteiger partial charge in [-0.15, -0.1) is 0 Å². The van der Waals surface area contributed by atoms with Crippen LogP contribution in [-0.2, 0) is 21.3 Å². The van der Waals surface area contributed by atoms with Crippen LogP contribution in [0.1, 0.15) is 36.8 Å². The van der Waals surface area contributed by atoms with Crippen molar-refractivity contribution in [2.45, 2.75) is 11.4 Å². The fourth-order valence-corrected chi connectivity index (χ4v) is 4.18. The maximum absolute atomic E-state index is 12.3. The van der Waals surface area contributed by atoms with Crippen LogP contribution in [0.4, 0.5) is 0 Å². The van der Waals surface area contributed by atoms with Gasteiger partial charge in [-0.2, -0.15) is 0 Å². The fourth-order valence-electron chi connectivity index (χ4n) is 3.19. The Kier molecular flexibility index (Phi) is 5.89. The van der Waals surface area contributed by atoms with Crippen LogP contribution in [0.15, 0.2) is 76.2 Å². The quantitative estimate of drug-likeness (QED) is 0.409. The second-order valence-electron chi connectivity index (χ2n) is 6.87. The topological polar surface area (TPSA) is 123 Å². The molecule has 2 amide bonds. The summed E-state index contributed by atoms with van der Waals surface area (Å²) in [5.41, 5.74) is 0.778. The number of rotatable bonds is 8. The average Bonchev–Trinajstić information content (AvgIpc) is 3.41. The van der Waals surface area contributed by atoms with Crippen LogP contribution < -0.4 is 4.72 Å². The lowest BCUT2D eigenvalue weighted by atomic mass is 10.1. The predicted octanol–water partition coefficient (Wildman–Crippen LogP) is 2.21. The Bertz CT molecular complexity index is 1230. The molecule has 9 nitrogen and oxygen atoms in total.